The first-order chi connectivity index (χ1) is 9.24. The normalized spacial score (nSPS) is 10.6. The number of benzene rings is 1. The highest BCUT2D eigenvalue weighted by atomic mass is 16.1. The lowest BCUT2D eigenvalue weighted by Crippen LogP contribution is -2.04. The standard InChI is InChI=1S/C16H12N2O/c1-11-8-13(10-17-9-11)16(19)15-7-6-12-4-2-3-5-14(12)18-15/h2-10H,1H3. The Morgan fingerprint density at radius 1 is 1.05 bits per heavy atom. The van der Waals surface area contributed by atoms with E-state index in [-0.39, 0.29) is 5.78 Å². The zero-order valence-electron chi connectivity index (χ0n) is 10.5. The minimum absolute atomic E-state index is 0.0954. The number of fused-ring (bicyclic) bond motifs is 1. The van der Waals surface area contributed by atoms with Gasteiger partial charge in [-0.1, -0.05) is 24.3 Å². The van der Waals surface area contributed by atoms with Crippen LogP contribution in [0.2, 0.25) is 0 Å². The first-order valence-corrected chi connectivity index (χ1v) is 6.06. The zero-order valence-corrected chi connectivity index (χ0v) is 10.5. The van der Waals surface area contributed by atoms with Gasteiger partial charge < -0.3 is 0 Å². The molecule has 92 valence electrons. The van der Waals surface area contributed by atoms with Crippen LogP contribution in [0.15, 0.2) is 54.9 Å². The molecule has 0 aliphatic rings. The predicted molar refractivity (Wildman–Crippen MR) is 74.1 cm³/mol. The van der Waals surface area contributed by atoms with Crippen LogP contribution in [0.5, 0.6) is 0 Å². The lowest BCUT2D eigenvalue weighted by molar-refractivity contribution is 0.103. The molecule has 0 radical (unpaired) electrons. The summed E-state index contributed by atoms with van der Waals surface area (Å²) in [5.41, 5.74) is 2.81. The molecule has 2 aromatic heterocycles. The lowest BCUT2D eigenvalue weighted by Gasteiger charge is -2.03. The van der Waals surface area contributed by atoms with Gasteiger partial charge in [-0.15, -0.1) is 0 Å². The zero-order chi connectivity index (χ0) is 13.2. The number of aryl methyl sites for hydroxylation is 1. The monoisotopic (exact) mass is 248 g/mol. The van der Waals surface area contributed by atoms with Crippen LogP contribution in [0.1, 0.15) is 21.6 Å². The smallest absolute Gasteiger partial charge is 0.212 e. The van der Waals surface area contributed by atoms with Crippen molar-refractivity contribution >= 4 is 16.7 Å². The van der Waals surface area contributed by atoms with Crippen molar-refractivity contribution in [1.29, 1.82) is 0 Å². The van der Waals surface area contributed by atoms with E-state index in [4.69, 9.17) is 0 Å². The average Bonchev–Trinajstić information content (AvgIpc) is 2.46. The van der Waals surface area contributed by atoms with Crippen LogP contribution in [0.4, 0.5) is 0 Å². The van der Waals surface area contributed by atoms with Gasteiger partial charge in [-0.3, -0.25) is 9.78 Å². The van der Waals surface area contributed by atoms with Crippen LogP contribution < -0.4 is 0 Å². The van der Waals surface area contributed by atoms with E-state index >= 15 is 0 Å². The molecule has 3 rings (SSSR count). The highest BCUT2D eigenvalue weighted by molar-refractivity contribution is 6.08. The van der Waals surface area contributed by atoms with Gasteiger partial charge in [0.1, 0.15) is 5.69 Å². The van der Waals surface area contributed by atoms with Gasteiger partial charge in [0.25, 0.3) is 0 Å². The molecular weight excluding hydrogens is 236 g/mol. The van der Waals surface area contributed by atoms with Crippen molar-refractivity contribution in [3.63, 3.8) is 0 Å². The summed E-state index contributed by atoms with van der Waals surface area (Å²) in [5, 5.41) is 1.03. The van der Waals surface area contributed by atoms with Crippen LogP contribution >= 0.6 is 0 Å². The lowest BCUT2D eigenvalue weighted by atomic mass is 10.1. The number of carbonyl (C=O) groups is 1. The molecule has 0 aliphatic heterocycles. The number of ketones is 1. The number of aromatic nitrogens is 2. The van der Waals surface area contributed by atoms with Gasteiger partial charge in [0.2, 0.25) is 5.78 Å². The number of carbonyl (C=O) groups excluding carboxylic acids is 1. The summed E-state index contributed by atoms with van der Waals surface area (Å²) in [7, 11) is 0. The summed E-state index contributed by atoms with van der Waals surface area (Å²) >= 11 is 0. The first-order valence-electron chi connectivity index (χ1n) is 6.06. The molecule has 3 nitrogen and oxygen atoms in total. The second-order valence-corrected chi connectivity index (χ2v) is 4.47. The molecule has 0 N–H and O–H groups in total. The number of pyridine rings is 2. The minimum atomic E-state index is -0.0954. The molecule has 0 saturated carbocycles. The van der Waals surface area contributed by atoms with E-state index in [1.165, 1.54) is 0 Å². The summed E-state index contributed by atoms with van der Waals surface area (Å²) < 4.78 is 0. The molecule has 0 aliphatic carbocycles. The van der Waals surface area contributed by atoms with Gasteiger partial charge in [0.05, 0.1) is 5.52 Å². The quantitative estimate of drug-likeness (QED) is 0.654. The highest BCUT2D eigenvalue weighted by Gasteiger charge is 2.11. The summed E-state index contributed by atoms with van der Waals surface area (Å²) in [6.45, 7) is 1.91. The van der Waals surface area contributed by atoms with E-state index in [2.05, 4.69) is 9.97 Å². The molecule has 2 heterocycles. The van der Waals surface area contributed by atoms with Crippen LogP contribution in [0.3, 0.4) is 0 Å². The Bertz CT molecular complexity index is 765. The molecule has 19 heavy (non-hydrogen) atoms. The highest BCUT2D eigenvalue weighted by Crippen LogP contribution is 2.14. The number of nitrogens with zero attached hydrogens (tertiary/aromatic N) is 2. The van der Waals surface area contributed by atoms with Crippen LogP contribution in [-0.2, 0) is 0 Å². The summed E-state index contributed by atoms with van der Waals surface area (Å²) in [4.78, 5) is 20.8. The Balaban J connectivity index is 2.06. The Morgan fingerprint density at radius 3 is 2.74 bits per heavy atom. The molecule has 0 atom stereocenters. The topological polar surface area (TPSA) is 42.9 Å². The SMILES string of the molecule is Cc1cncc(C(=O)c2ccc3ccccc3n2)c1. The maximum atomic E-state index is 12.3. The number of rotatable bonds is 2. The van der Waals surface area contributed by atoms with Crippen LogP contribution in [0, 0.1) is 6.92 Å². The second-order valence-electron chi connectivity index (χ2n) is 4.47. The van der Waals surface area contributed by atoms with E-state index in [0.29, 0.717) is 11.3 Å². The largest absolute Gasteiger partial charge is 0.287 e. The number of para-hydroxylation sites is 1. The third-order valence-corrected chi connectivity index (χ3v) is 2.97. The molecule has 0 amide bonds. The van der Waals surface area contributed by atoms with Crippen LogP contribution in [0.25, 0.3) is 10.9 Å². The van der Waals surface area contributed by atoms with Gasteiger partial charge in [-0.25, -0.2) is 4.98 Å². The molecule has 3 aromatic rings. The fraction of sp³-hybridized carbons (Fsp3) is 0.0625. The maximum Gasteiger partial charge on any atom is 0.212 e. The molecule has 0 saturated heterocycles. The Morgan fingerprint density at radius 2 is 1.89 bits per heavy atom. The van der Waals surface area contributed by atoms with Crippen molar-refractivity contribution < 1.29 is 4.79 Å². The van der Waals surface area contributed by atoms with Crippen molar-refractivity contribution in [2.75, 3.05) is 0 Å². The molecule has 0 fully saturated rings. The first kappa shape index (κ1) is 11.5. The molecule has 3 heteroatoms. The second kappa shape index (κ2) is 4.61. The number of hydrogen-bond donors (Lipinski definition) is 0. The minimum Gasteiger partial charge on any atom is -0.287 e. The molecule has 0 unspecified atom stereocenters. The van der Waals surface area contributed by atoms with E-state index in [9.17, 15) is 4.79 Å². The van der Waals surface area contributed by atoms with E-state index < -0.39 is 0 Å². The Kier molecular flexibility index (Phi) is 2.80. The van der Waals surface area contributed by atoms with Crippen molar-refractivity contribution in [3.8, 4) is 0 Å². The summed E-state index contributed by atoms with van der Waals surface area (Å²) in [6, 6.07) is 13.2. The third kappa shape index (κ3) is 2.22. The molecule has 0 bridgehead atoms. The van der Waals surface area contributed by atoms with E-state index in [1.807, 2.05) is 43.3 Å². The van der Waals surface area contributed by atoms with Gasteiger partial charge in [0.15, 0.2) is 0 Å². The van der Waals surface area contributed by atoms with Gasteiger partial charge in [0, 0.05) is 23.3 Å². The van der Waals surface area contributed by atoms with Crippen molar-refractivity contribution in [2.45, 2.75) is 6.92 Å². The van der Waals surface area contributed by atoms with Gasteiger partial charge >= 0.3 is 0 Å². The third-order valence-electron chi connectivity index (χ3n) is 2.97. The van der Waals surface area contributed by atoms with Gasteiger partial charge in [-0.05, 0) is 30.7 Å². The van der Waals surface area contributed by atoms with Gasteiger partial charge in [-0.2, -0.15) is 0 Å². The van der Waals surface area contributed by atoms with Crippen molar-refractivity contribution in [3.05, 3.63) is 71.7 Å². The molecular formula is C16H12N2O. The summed E-state index contributed by atoms with van der Waals surface area (Å²) in [6.07, 6.45) is 3.30. The Labute approximate surface area is 111 Å². The fourth-order valence-electron chi connectivity index (χ4n) is 2.02. The van der Waals surface area contributed by atoms with E-state index in [1.54, 1.807) is 18.5 Å². The maximum absolute atomic E-state index is 12.3. The Hall–Kier alpha value is -2.55. The summed E-state index contributed by atoms with van der Waals surface area (Å²) in [5.74, 6) is -0.0954. The van der Waals surface area contributed by atoms with Crippen molar-refractivity contribution in [1.82, 2.24) is 9.97 Å². The molecule has 0 spiro atoms. The molecule has 1 aromatic carbocycles. The predicted octanol–water partition coefficient (Wildman–Crippen LogP) is 3.17. The van der Waals surface area contributed by atoms with E-state index in [0.717, 1.165) is 16.5 Å². The average molecular weight is 248 g/mol. The number of hydrogen-bond acceptors (Lipinski definition) is 3. The van der Waals surface area contributed by atoms with Crippen molar-refractivity contribution in [2.24, 2.45) is 0 Å². The van der Waals surface area contributed by atoms with Crippen LogP contribution in [-0.4, -0.2) is 15.8 Å². The fourth-order valence-corrected chi connectivity index (χ4v) is 2.02.